The van der Waals surface area contributed by atoms with Crippen molar-refractivity contribution in [3.05, 3.63) is 0 Å². The first-order chi connectivity index (χ1) is 8.86. The Bertz CT molecular complexity index is 230. The third kappa shape index (κ3) is 9.91. The lowest BCUT2D eigenvalue weighted by molar-refractivity contribution is -0.142. The molecule has 114 valence electrons. The van der Waals surface area contributed by atoms with Crippen molar-refractivity contribution < 1.29 is 9.53 Å². The smallest absolute Gasteiger partial charge is 0.322 e. The van der Waals surface area contributed by atoms with Crippen LogP contribution in [-0.2, 0) is 9.53 Å². The van der Waals surface area contributed by atoms with Crippen molar-refractivity contribution >= 4 is 5.97 Å². The summed E-state index contributed by atoms with van der Waals surface area (Å²) in [5.41, 5.74) is 5.79. The Balaban J connectivity index is 4.12. The number of carbonyl (C=O) groups excluding carboxylic acids is 1. The van der Waals surface area contributed by atoms with Crippen molar-refractivity contribution in [2.75, 3.05) is 26.7 Å². The van der Waals surface area contributed by atoms with Crippen LogP contribution in [0.1, 0.15) is 47.0 Å². The van der Waals surface area contributed by atoms with Gasteiger partial charge in [0.25, 0.3) is 0 Å². The quantitative estimate of drug-likeness (QED) is 0.620. The van der Waals surface area contributed by atoms with Gasteiger partial charge < -0.3 is 15.4 Å². The Morgan fingerprint density at radius 1 is 1.00 bits per heavy atom. The number of hydrogen-bond acceptors (Lipinski definition) is 4. The van der Waals surface area contributed by atoms with Crippen molar-refractivity contribution in [1.29, 1.82) is 0 Å². The van der Waals surface area contributed by atoms with Gasteiger partial charge in [-0.15, -0.1) is 0 Å². The van der Waals surface area contributed by atoms with Gasteiger partial charge >= 0.3 is 5.97 Å². The third-order valence-corrected chi connectivity index (χ3v) is 3.31. The summed E-state index contributed by atoms with van der Waals surface area (Å²) >= 11 is 0. The maximum atomic E-state index is 11.3. The molecule has 0 heterocycles. The van der Waals surface area contributed by atoms with Gasteiger partial charge in [-0.25, -0.2) is 0 Å². The maximum absolute atomic E-state index is 11.3. The van der Waals surface area contributed by atoms with E-state index in [0.717, 1.165) is 19.6 Å². The molecule has 0 fully saturated rings. The molecule has 1 unspecified atom stereocenters. The van der Waals surface area contributed by atoms with Crippen LogP contribution < -0.4 is 5.73 Å². The lowest BCUT2D eigenvalue weighted by atomic mass is 10.1. The lowest BCUT2D eigenvalue weighted by Gasteiger charge is -2.25. The van der Waals surface area contributed by atoms with Crippen molar-refractivity contribution in [2.45, 2.75) is 53.0 Å². The van der Waals surface area contributed by atoms with Gasteiger partial charge in [0.1, 0.15) is 6.04 Å². The molecule has 0 amide bonds. The van der Waals surface area contributed by atoms with Gasteiger partial charge in [0.05, 0.1) is 7.11 Å². The topological polar surface area (TPSA) is 55.6 Å². The molecule has 0 radical (unpaired) electrons. The molecule has 2 N–H and O–H groups in total. The van der Waals surface area contributed by atoms with E-state index in [4.69, 9.17) is 5.73 Å². The highest BCUT2D eigenvalue weighted by atomic mass is 16.5. The van der Waals surface area contributed by atoms with Crippen LogP contribution in [-0.4, -0.2) is 43.7 Å². The van der Waals surface area contributed by atoms with Crippen LogP contribution in [0.3, 0.4) is 0 Å². The van der Waals surface area contributed by atoms with Gasteiger partial charge in [-0.1, -0.05) is 27.7 Å². The number of nitrogens with two attached hydrogens (primary N) is 1. The summed E-state index contributed by atoms with van der Waals surface area (Å²) in [7, 11) is 1.39. The molecule has 19 heavy (non-hydrogen) atoms. The Kier molecular flexibility index (Phi) is 9.88. The first-order valence-electron chi connectivity index (χ1n) is 7.42. The van der Waals surface area contributed by atoms with Crippen LogP contribution in [0.15, 0.2) is 0 Å². The van der Waals surface area contributed by atoms with E-state index in [1.54, 1.807) is 0 Å². The summed E-state index contributed by atoms with van der Waals surface area (Å²) in [5.74, 6) is 1.10. The lowest BCUT2D eigenvalue weighted by Crippen LogP contribution is -2.37. The Morgan fingerprint density at radius 3 is 1.79 bits per heavy atom. The normalized spacial score (nSPS) is 13.3. The molecule has 0 saturated carbocycles. The monoisotopic (exact) mass is 272 g/mol. The van der Waals surface area contributed by atoms with Crippen LogP contribution in [0.25, 0.3) is 0 Å². The second-order valence-electron chi connectivity index (χ2n) is 6.13. The minimum atomic E-state index is -0.495. The third-order valence-electron chi connectivity index (χ3n) is 3.31. The van der Waals surface area contributed by atoms with Gasteiger partial charge in [-0.2, -0.15) is 0 Å². The van der Waals surface area contributed by atoms with E-state index in [1.165, 1.54) is 20.0 Å². The van der Waals surface area contributed by atoms with Crippen molar-refractivity contribution in [2.24, 2.45) is 17.6 Å². The zero-order valence-electron chi connectivity index (χ0n) is 13.3. The molecule has 0 rings (SSSR count). The zero-order valence-corrected chi connectivity index (χ0v) is 13.3. The fourth-order valence-electron chi connectivity index (χ4n) is 1.81. The molecule has 0 aromatic heterocycles. The van der Waals surface area contributed by atoms with E-state index >= 15 is 0 Å². The standard InChI is InChI=1S/C15H32N2O2/c1-12(2)6-9-17(10-7-13(3)4)11-8-14(16)15(18)19-5/h12-14H,6-11,16H2,1-5H3. The number of nitrogens with zero attached hydrogens (tertiary/aromatic N) is 1. The van der Waals surface area contributed by atoms with Crippen LogP contribution in [0.5, 0.6) is 0 Å². The molecular formula is C15H32N2O2. The number of carbonyl (C=O) groups is 1. The summed E-state index contributed by atoms with van der Waals surface area (Å²) in [4.78, 5) is 13.7. The average Bonchev–Trinajstić information content (AvgIpc) is 2.35. The van der Waals surface area contributed by atoms with Crippen LogP contribution in [0.2, 0.25) is 0 Å². The van der Waals surface area contributed by atoms with E-state index < -0.39 is 6.04 Å². The van der Waals surface area contributed by atoms with Crippen molar-refractivity contribution in [3.8, 4) is 0 Å². The first-order valence-corrected chi connectivity index (χ1v) is 7.42. The van der Waals surface area contributed by atoms with Crippen molar-refractivity contribution in [1.82, 2.24) is 4.90 Å². The number of methoxy groups -OCH3 is 1. The summed E-state index contributed by atoms with van der Waals surface area (Å²) in [6.07, 6.45) is 3.04. The highest BCUT2D eigenvalue weighted by Crippen LogP contribution is 2.08. The molecule has 4 heteroatoms. The van der Waals surface area contributed by atoms with E-state index in [0.29, 0.717) is 18.3 Å². The molecule has 0 aliphatic rings. The Labute approximate surface area is 118 Å². The van der Waals surface area contributed by atoms with E-state index in [9.17, 15) is 4.79 Å². The molecule has 0 saturated heterocycles. The SMILES string of the molecule is COC(=O)C(N)CCN(CCC(C)C)CCC(C)C. The summed E-state index contributed by atoms with van der Waals surface area (Å²) in [5, 5.41) is 0. The van der Waals surface area contributed by atoms with Crippen LogP contribution in [0.4, 0.5) is 0 Å². The molecule has 0 bridgehead atoms. The molecule has 4 nitrogen and oxygen atoms in total. The highest BCUT2D eigenvalue weighted by molar-refractivity contribution is 5.75. The highest BCUT2D eigenvalue weighted by Gasteiger charge is 2.15. The van der Waals surface area contributed by atoms with Gasteiger partial charge in [-0.3, -0.25) is 4.79 Å². The van der Waals surface area contributed by atoms with Crippen LogP contribution in [0, 0.1) is 11.8 Å². The predicted molar refractivity (Wildman–Crippen MR) is 80.0 cm³/mol. The summed E-state index contributed by atoms with van der Waals surface area (Å²) in [6, 6.07) is -0.495. The first kappa shape index (κ1) is 18.4. The maximum Gasteiger partial charge on any atom is 0.322 e. The number of hydrogen-bond donors (Lipinski definition) is 1. The molecule has 0 aromatic rings. The molecule has 0 aliphatic heterocycles. The largest absolute Gasteiger partial charge is 0.468 e. The average molecular weight is 272 g/mol. The number of esters is 1. The fraction of sp³-hybridized carbons (Fsp3) is 0.933. The van der Waals surface area contributed by atoms with Gasteiger partial charge in [-0.05, 0) is 44.2 Å². The second kappa shape index (κ2) is 10.2. The van der Waals surface area contributed by atoms with Gasteiger partial charge in [0.15, 0.2) is 0 Å². The van der Waals surface area contributed by atoms with E-state index in [-0.39, 0.29) is 5.97 Å². The summed E-state index contributed by atoms with van der Waals surface area (Å²) < 4.78 is 4.66. The minimum absolute atomic E-state index is 0.312. The second-order valence-corrected chi connectivity index (χ2v) is 6.13. The fourth-order valence-corrected chi connectivity index (χ4v) is 1.81. The minimum Gasteiger partial charge on any atom is -0.468 e. The van der Waals surface area contributed by atoms with Gasteiger partial charge in [0.2, 0.25) is 0 Å². The predicted octanol–water partition coefficient (Wildman–Crippen LogP) is 2.27. The molecule has 0 aromatic carbocycles. The number of rotatable bonds is 10. The van der Waals surface area contributed by atoms with Crippen LogP contribution >= 0.6 is 0 Å². The number of ether oxygens (including phenoxy) is 1. The Hall–Kier alpha value is -0.610. The van der Waals surface area contributed by atoms with E-state index in [1.807, 2.05) is 0 Å². The molecule has 0 aliphatic carbocycles. The van der Waals surface area contributed by atoms with Gasteiger partial charge in [0, 0.05) is 6.54 Å². The molecular weight excluding hydrogens is 240 g/mol. The Morgan fingerprint density at radius 2 is 1.42 bits per heavy atom. The molecule has 0 spiro atoms. The molecule has 1 atom stereocenters. The zero-order chi connectivity index (χ0) is 14.8. The summed E-state index contributed by atoms with van der Waals surface area (Å²) in [6.45, 7) is 12.0. The van der Waals surface area contributed by atoms with Crippen molar-refractivity contribution in [3.63, 3.8) is 0 Å². The van der Waals surface area contributed by atoms with E-state index in [2.05, 4.69) is 37.3 Å².